The van der Waals surface area contributed by atoms with Gasteiger partial charge in [-0.1, -0.05) is 23.7 Å². The highest BCUT2D eigenvalue weighted by Crippen LogP contribution is 2.38. The molecule has 2 heterocycles. The molecule has 4 aromatic rings. The minimum atomic E-state index is -0.959. The summed E-state index contributed by atoms with van der Waals surface area (Å²) in [7, 11) is 0. The SMILES string of the molecule is O=C(COc1cccnc1)NC(c1cccc([N+](=O)[O-])c1)c1cc(Cl)c2cccnc2c1O. The van der Waals surface area contributed by atoms with Crippen LogP contribution in [0.3, 0.4) is 0 Å². The minimum Gasteiger partial charge on any atom is -0.505 e. The Labute approximate surface area is 192 Å². The van der Waals surface area contributed by atoms with E-state index >= 15 is 0 Å². The maximum atomic E-state index is 12.7. The Morgan fingerprint density at radius 2 is 2.00 bits per heavy atom. The van der Waals surface area contributed by atoms with Gasteiger partial charge in [-0.05, 0) is 35.9 Å². The van der Waals surface area contributed by atoms with Crippen LogP contribution in [0.4, 0.5) is 5.69 Å². The monoisotopic (exact) mass is 464 g/mol. The van der Waals surface area contributed by atoms with Crippen LogP contribution >= 0.6 is 11.6 Å². The third kappa shape index (κ3) is 4.83. The lowest BCUT2D eigenvalue weighted by Crippen LogP contribution is -2.33. The summed E-state index contributed by atoms with van der Waals surface area (Å²) in [6.07, 6.45) is 4.54. The number of ether oxygens (including phenoxy) is 1. The average molecular weight is 465 g/mol. The molecule has 0 saturated heterocycles. The number of halogens is 1. The van der Waals surface area contributed by atoms with Crippen molar-refractivity contribution in [3.05, 3.63) is 99.5 Å². The van der Waals surface area contributed by atoms with Crippen LogP contribution in [-0.2, 0) is 4.79 Å². The molecule has 4 rings (SSSR count). The van der Waals surface area contributed by atoms with Crippen LogP contribution in [-0.4, -0.2) is 32.5 Å². The molecule has 0 aliphatic heterocycles. The molecular weight excluding hydrogens is 448 g/mol. The Kier molecular flexibility index (Phi) is 6.32. The highest BCUT2D eigenvalue weighted by molar-refractivity contribution is 6.35. The number of fused-ring (bicyclic) bond motifs is 1. The van der Waals surface area contributed by atoms with Gasteiger partial charge in [0.1, 0.15) is 17.0 Å². The zero-order valence-corrected chi connectivity index (χ0v) is 17.8. The van der Waals surface area contributed by atoms with E-state index in [-0.39, 0.29) is 29.1 Å². The van der Waals surface area contributed by atoms with Crippen LogP contribution in [0.2, 0.25) is 5.02 Å². The summed E-state index contributed by atoms with van der Waals surface area (Å²) < 4.78 is 5.44. The summed E-state index contributed by atoms with van der Waals surface area (Å²) in [6, 6.07) is 13.0. The van der Waals surface area contributed by atoms with Crippen molar-refractivity contribution in [2.45, 2.75) is 6.04 Å². The first-order chi connectivity index (χ1) is 15.9. The Hall–Kier alpha value is -4.24. The van der Waals surface area contributed by atoms with E-state index in [9.17, 15) is 20.0 Å². The van der Waals surface area contributed by atoms with Crippen molar-refractivity contribution < 1.29 is 19.6 Å². The van der Waals surface area contributed by atoms with E-state index in [1.807, 2.05) is 0 Å². The zero-order chi connectivity index (χ0) is 23.4. The second-order valence-corrected chi connectivity index (χ2v) is 7.43. The minimum absolute atomic E-state index is 0.164. The average Bonchev–Trinajstić information content (AvgIpc) is 2.84. The largest absolute Gasteiger partial charge is 0.505 e. The number of nitrogens with zero attached hydrogens (tertiary/aromatic N) is 3. The van der Waals surface area contributed by atoms with Crippen LogP contribution in [0.5, 0.6) is 11.5 Å². The van der Waals surface area contributed by atoms with Crippen LogP contribution in [0.1, 0.15) is 17.2 Å². The highest BCUT2D eigenvalue weighted by Gasteiger charge is 2.25. The molecule has 0 spiro atoms. The Bertz CT molecular complexity index is 1330. The Balaban J connectivity index is 1.73. The van der Waals surface area contributed by atoms with Gasteiger partial charge in [0.25, 0.3) is 11.6 Å². The van der Waals surface area contributed by atoms with Crippen LogP contribution < -0.4 is 10.1 Å². The summed E-state index contributed by atoms with van der Waals surface area (Å²) in [4.78, 5) is 31.6. The predicted octanol–water partition coefficient (Wildman–Crippen LogP) is 4.18. The summed E-state index contributed by atoms with van der Waals surface area (Å²) in [6.45, 7) is -0.336. The third-order valence-corrected chi connectivity index (χ3v) is 5.19. The number of nitro groups is 1. The number of phenols is 1. The van der Waals surface area contributed by atoms with Gasteiger partial charge in [-0.3, -0.25) is 24.9 Å². The number of aromatic nitrogens is 2. The number of nitrogens with one attached hydrogen (secondary N) is 1. The standard InChI is InChI=1S/C23H17ClN4O5/c24-19-11-18(23(30)22-17(19)7-3-9-26-22)21(14-4-1-5-15(10-14)28(31)32)27-20(29)13-33-16-6-2-8-25-12-16/h1-12,21,30H,13H2,(H,27,29). The summed E-state index contributed by atoms with van der Waals surface area (Å²) in [5.74, 6) is -0.313. The van der Waals surface area contributed by atoms with Gasteiger partial charge in [0.05, 0.1) is 22.2 Å². The van der Waals surface area contributed by atoms with E-state index in [1.165, 1.54) is 36.7 Å². The van der Waals surface area contributed by atoms with Gasteiger partial charge < -0.3 is 15.2 Å². The number of amides is 1. The van der Waals surface area contributed by atoms with Gasteiger partial charge in [-0.15, -0.1) is 0 Å². The second-order valence-electron chi connectivity index (χ2n) is 7.03. The van der Waals surface area contributed by atoms with E-state index in [4.69, 9.17) is 16.3 Å². The fourth-order valence-corrected chi connectivity index (χ4v) is 3.64. The predicted molar refractivity (Wildman–Crippen MR) is 121 cm³/mol. The lowest BCUT2D eigenvalue weighted by atomic mass is 9.95. The topological polar surface area (TPSA) is 127 Å². The molecule has 10 heteroatoms. The maximum Gasteiger partial charge on any atom is 0.269 e. The van der Waals surface area contributed by atoms with Crippen molar-refractivity contribution in [2.75, 3.05) is 6.61 Å². The molecule has 166 valence electrons. The quantitative estimate of drug-likeness (QED) is 0.310. The number of aromatic hydroxyl groups is 1. The number of phenolic OH excluding ortho intramolecular Hbond substituents is 1. The number of rotatable bonds is 7. The number of benzene rings is 2. The molecule has 2 N–H and O–H groups in total. The third-order valence-electron chi connectivity index (χ3n) is 4.88. The molecule has 0 saturated carbocycles. The molecule has 2 aromatic carbocycles. The van der Waals surface area contributed by atoms with Crippen LogP contribution in [0.15, 0.2) is 73.2 Å². The molecule has 9 nitrogen and oxygen atoms in total. The molecular formula is C23H17ClN4O5. The number of nitro benzene ring substituents is 1. The van der Waals surface area contributed by atoms with Crippen molar-refractivity contribution in [2.24, 2.45) is 0 Å². The summed E-state index contributed by atoms with van der Waals surface area (Å²) in [5, 5.41) is 25.9. The van der Waals surface area contributed by atoms with Crippen molar-refractivity contribution in [3.8, 4) is 11.5 Å². The van der Waals surface area contributed by atoms with Gasteiger partial charge in [-0.2, -0.15) is 0 Å². The van der Waals surface area contributed by atoms with Crippen molar-refractivity contribution >= 4 is 34.1 Å². The Morgan fingerprint density at radius 1 is 1.18 bits per heavy atom. The molecule has 0 aliphatic carbocycles. The van der Waals surface area contributed by atoms with E-state index in [0.717, 1.165) is 0 Å². The molecule has 1 atom stereocenters. The number of non-ortho nitro benzene ring substituents is 1. The normalized spacial score (nSPS) is 11.7. The summed E-state index contributed by atoms with van der Waals surface area (Å²) >= 11 is 6.42. The summed E-state index contributed by atoms with van der Waals surface area (Å²) in [5.41, 5.74) is 0.696. The first kappa shape index (κ1) is 22.0. The van der Waals surface area contributed by atoms with E-state index in [2.05, 4.69) is 15.3 Å². The van der Waals surface area contributed by atoms with Gasteiger partial charge in [0.2, 0.25) is 0 Å². The number of hydrogen-bond acceptors (Lipinski definition) is 7. The first-order valence-electron chi connectivity index (χ1n) is 9.76. The lowest BCUT2D eigenvalue weighted by Gasteiger charge is -2.22. The molecule has 1 amide bonds. The first-order valence-corrected chi connectivity index (χ1v) is 10.1. The number of pyridine rings is 2. The molecule has 2 aromatic heterocycles. The van der Waals surface area contributed by atoms with Crippen molar-refractivity contribution in [1.29, 1.82) is 0 Å². The van der Waals surface area contributed by atoms with Crippen molar-refractivity contribution in [1.82, 2.24) is 15.3 Å². The van der Waals surface area contributed by atoms with Gasteiger partial charge in [0, 0.05) is 35.5 Å². The fraction of sp³-hybridized carbons (Fsp3) is 0.0870. The molecule has 0 bridgehead atoms. The molecule has 0 radical (unpaired) electrons. The van der Waals surface area contributed by atoms with Crippen LogP contribution in [0, 0.1) is 10.1 Å². The molecule has 33 heavy (non-hydrogen) atoms. The highest BCUT2D eigenvalue weighted by atomic mass is 35.5. The van der Waals surface area contributed by atoms with Crippen molar-refractivity contribution in [3.63, 3.8) is 0 Å². The molecule has 0 aliphatic rings. The smallest absolute Gasteiger partial charge is 0.269 e. The number of carbonyl (C=O) groups is 1. The van der Waals surface area contributed by atoms with Gasteiger partial charge in [-0.25, -0.2) is 0 Å². The van der Waals surface area contributed by atoms with E-state index < -0.39 is 16.9 Å². The van der Waals surface area contributed by atoms with Gasteiger partial charge >= 0.3 is 0 Å². The molecule has 1 unspecified atom stereocenters. The lowest BCUT2D eigenvalue weighted by molar-refractivity contribution is -0.384. The zero-order valence-electron chi connectivity index (χ0n) is 17.0. The number of carbonyl (C=O) groups excluding carboxylic acids is 1. The van der Waals surface area contributed by atoms with Crippen LogP contribution in [0.25, 0.3) is 10.9 Å². The fourth-order valence-electron chi connectivity index (χ4n) is 3.37. The Morgan fingerprint density at radius 3 is 2.76 bits per heavy atom. The van der Waals surface area contributed by atoms with E-state index in [0.29, 0.717) is 21.7 Å². The maximum absolute atomic E-state index is 12.7. The molecule has 0 fully saturated rings. The van der Waals surface area contributed by atoms with E-state index in [1.54, 1.807) is 36.5 Å². The number of hydrogen-bond donors (Lipinski definition) is 2. The second kappa shape index (κ2) is 9.49. The van der Waals surface area contributed by atoms with Gasteiger partial charge in [0.15, 0.2) is 6.61 Å².